The number of halogens is 2. The largest absolute Gasteiger partial charge is 0.325 e. The molecule has 1 heterocycles. The van der Waals surface area contributed by atoms with Gasteiger partial charge in [-0.1, -0.05) is 12.1 Å². The maximum absolute atomic E-state index is 13.7. The van der Waals surface area contributed by atoms with Crippen molar-refractivity contribution in [1.29, 1.82) is 0 Å². The van der Waals surface area contributed by atoms with E-state index in [9.17, 15) is 18.4 Å². The first-order valence-corrected chi connectivity index (χ1v) is 10.7. The predicted octanol–water partition coefficient (Wildman–Crippen LogP) is 3.55. The first-order chi connectivity index (χ1) is 15.1. The summed E-state index contributed by atoms with van der Waals surface area (Å²) in [4.78, 5) is 29.0. The number of carbonyl (C=O) groups is 2. The van der Waals surface area contributed by atoms with Crippen LogP contribution in [-0.4, -0.2) is 59.9 Å². The molecule has 0 aliphatic carbocycles. The Kier molecular flexibility index (Phi) is 7.58. The lowest BCUT2D eigenvalue weighted by Crippen LogP contribution is -2.58. The number of benzene rings is 2. The van der Waals surface area contributed by atoms with Gasteiger partial charge in [0, 0.05) is 36.5 Å². The van der Waals surface area contributed by atoms with Gasteiger partial charge in [0.05, 0.1) is 13.1 Å². The van der Waals surface area contributed by atoms with Crippen molar-refractivity contribution in [1.82, 2.24) is 9.80 Å². The topological polar surface area (TPSA) is 64.7 Å². The van der Waals surface area contributed by atoms with Crippen molar-refractivity contribution in [3.63, 3.8) is 0 Å². The molecule has 2 aromatic carbocycles. The van der Waals surface area contributed by atoms with Gasteiger partial charge in [0.25, 0.3) is 0 Å². The molecule has 0 radical (unpaired) electrons. The minimum atomic E-state index is -0.356. The third-order valence-electron chi connectivity index (χ3n) is 5.85. The quantitative estimate of drug-likeness (QED) is 0.715. The lowest BCUT2D eigenvalue weighted by Gasteiger charge is -2.43. The highest BCUT2D eigenvalue weighted by Gasteiger charge is 2.31. The summed E-state index contributed by atoms with van der Waals surface area (Å²) in [6.07, 6.45) is 0. The Morgan fingerprint density at radius 3 is 1.53 bits per heavy atom. The molecule has 6 nitrogen and oxygen atoms in total. The Morgan fingerprint density at radius 1 is 0.812 bits per heavy atom. The van der Waals surface area contributed by atoms with Gasteiger partial charge in [-0.25, -0.2) is 8.78 Å². The summed E-state index contributed by atoms with van der Waals surface area (Å²) < 4.78 is 27.4. The molecule has 2 N–H and O–H groups in total. The predicted molar refractivity (Wildman–Crippen MR) is 122 cm³/mol. The monoisotopic (exact) mass is 444 g/mol. The zero-order chi connectivity index (χ0) is 23.4. The number of aryl methyl sites for hydroxylation is 2. The number of rotatable bonds is 6. The van der Waals surface area contributed by atoms with E-state index < -0.39 is 0 Å². The van der Waals surface area contributed by atoms with Crippen LogP contribution < -0.4 is 10.6 Å². The van der Waals surface area contributed by atoms with Crippen LogP contribution in [0, 0.1) is 25.5 Å². The molecule has 2 aromatic rings. The highest BCUT2D eigenvalue weighted by molar-refractivity contribution is 5.93. The Bertz CT molecular complexity index is 918. The fraction of sp³-hybridized carbons (Fsp3) is 0.417. The SMILES string of the molecule is Cc1ccc(NC(=O)CN2CC(C)N(CC(=O)Nc3ccc(C)c(F)c3)CC2C)cc1F. The van der Waals surface area contributed by atoms with Crippen molar-refractivity contribution in [2.45, 2.75) is 39.8 Å². The van der Waals surface area contributed by atoms with Crippen LogP contribution >= 0.6 is 0 Å². The zero-order valence-corrected chi connectivity index (χ0v) is 18.9. The van der Waals surface area contributed by atoms with Crippen molar-refractivity contribution < 1.29 is 18.4 Å². The summed E-state index contributed by atoms with van der Waals surface area (Å²) in [5.74, 6) is -1.13. The van der Waals surface area contributed by atoms with Crippen LogP contribution in [0.2, 0.25) is 0 Å². The van der Waals surface area contributed by atoms with Crippen LogP contribution in [0.5, 0.6) is 0 Å². The van der Waals surface area contributed by atoms with Gasteiger partial charge in [-0.15, -0.1) is 0 Å². The fourth-order valence-corrected chi connectivity index (χ4v) is 3.82. The van der Waals surface area contributed by atoms with E-state index in [-0.39, 0.29) is 48.6 Å². The second kappa shape index (κ2) is 10.2. The lowest BCUT2D eigenvalue weighted by molar-refractivity contribution is -0.122. The molecular weight excluding hydrogens is 414 g/mol. The molecule has 1 aliphatic heterocycles. The molecule has 0 aromatic heterocycles. The summed E-state index contributed by atoms with van der Waals surface area (Å²) >= 11 is 0. The van der Waals surface area contributed by atoms with Crippen LogP contribution in [0.3, 0.4) is 0 Å². The lowest BCUT2D eigenvalue weighted by atomic mass is 10.1. The second-order valence-electron chi connectivity index (χ2n) is 8.58. The van der Waals surface area contributed by atoms with Crippen molar-refractivity contribution in [2.24, 2.45) is 0 Å². The Balaban J connectivity index is 1.51. The Labute approximate surface area is 187 Å². The normalized spacial score (nSPS) is 19.6. The molecule has 32 heavy (non-hydrogen) atoms. The van der Waals surface area contributed by atoms with Crippen LogP contribution in [0.4, 0.5) is 20.2 Å². The molecule has 2 atom stereocenters. The summed E-state index contributed by atoms with van der Waals surface area (Å²) in [6.45, 7) is 8.95. The van der Waals surface area contributed by atoms with Crippen molar-refractivity contribution in [2.75, 3.05) is 36.8 Å². The zero-order valence-electron chi connectivity index (χ0n) is 18.9. The molecule has 0 spiro atoms. The molecule has 2 amide bonds. The van der Waals surface area contributed by atoms with E-state index in [1.165, 1.54) is 12.1 Å². The molecule has 8 heteroatoms. The van der Waals surface area contributed by atoms with Crippen molar-refractivity contribution >= 4 is 23.2 Å². The van der Waals surface area contributed by atoms with Crippen LogP contribution in [0.15, 0.2) is 36.4 Å². The number of carbonyl (C=O) groups excluding carboxylic acids is 2. The Morgan fingerprint density at radius 2 is 1.19 bits per heavy atom. The molecule has 1 aliphatic rings. The second-order valence-corrected chi connectivity index (χ2v) is 8.58. The number of hydrogen-bond donors (Lipinski definition) is 2. The van der Waals surface area contributed by atoms with E-state index in [0.29, 0.717) is 35.6 Å². The summed E-state index contributed by atoms with van der Waals surface area (Å²) in [5, 5.41) is 5.49. The number of nitrogens with zero attached hydrogens (tertiary/aromatic N) is 2. The van der Waals surface area contributed by atoms with E-state index >= 15 is 0 Å². The maximum Gasteiger partial charge on any atom is 0.238 e. The number of hydrogen-bond acceptors (Lipinski definition) is 4. The number of nitrogens with one attached hydrogen (secondary N) is 2. The van der Waals surface area contributed by atoms with Gasteiger partial charge in [-0.05, 0) is 63.1 Å². The molecule has 1 saturated heterocycles. The smallest absolute Gasteiger partial charge is 0.238 e. The number of piperazine rings is 1. The first kappa shape index (κ1) is 23.8. The molecule has 2 unspecified atom stereocenters. The van der Waals surface area contributed by atoms with E-state index in [1.807, 2.05) is 23.6 Å². The molecule has 1 fully saturated rings. The average molecular weight is 445 g/mol. The summed E-state index contributed by atoms with van der Waals surface area (Å²) in [6, 6.07) is 9.35. The third kappa shape index (κ3) is 6.11. The third-order valence-corrected chi connectivity index (χ3v) is 5.85. The standard InChI is InChI=1S/C24H30F2N4O2/c1-15-5-7-19(9-21(15)25)27-23(31)13-29-11-18(4)30(12-17(29)3)14-24(32)28-20-8-6-16(2)22(26)10-20/h5-10,17-18H,11-14H2,1-4H3,(H,27,31)(H,28,32). The van der Waals surface area contributed by atoms with Gasteiger partial charge in [0.2, 0.25) is 11.8 Å². The van der Waals surface area contributed by atoms with Gasteiger partial charge < -0.3 is 10.6 Å². The summed E-state index contributed by atoms with van der Waals surface area (Å²) in [7, 11) is 0. The van der Waals surface area contributed by atoms with E-state index in [1.54, 1.807) is 38.1 Å². The molecule has 0 saturated carbocycles. The highest BCUT2D eigenvalue weighted by Crippen LogP contribution is 2.18. The van der Waals surface area contributed by atoms with Gasteiger partial charge >= 0.3 is 0 Å². The average Bonchev–Trinajstić information content (AvgIpc) is 2.71. The van der Waals surface area contributed by atoms with Crippen molar-refractivity contribution in [3.8, 4) is 0 Å². The van der Waals surface area contributed by atoms with Gasteiger partial charge in [0.15, 0.2) is 0 Å². The molecule has 3 rings (SSSR count). The van der Waals surface area contributed by atoms with E-state index in [2.05, 4.69) is 10.6 Å². The van der Waals surface area contributed by atoms with Gasteiger partial charge in [-0.3, -0.25) is 19.4 Å². The van der Waals surface area contributed by atoms with E-state index in [4.69, 9.17) is 0 Å². The Hall–Kier alpha value is -2.84. The van der Waals surface area contributed by atoms with Gasteiger partial charge in [0.1, 0.15) is 11.6 Å². The van der Waals surface area contributed by atoms with Crippen LogP contribution in [-0.2, 0) is 9.59 Å². The number of amides is 2. The summed E-state index contributed by atoms with van der Waals surface area (Å²) in [5.41, 5.74) is 1.92. The molecule has 0 bridgehead atoms. The van der Waals surface area contributed by atoms with Crippen LogP contribution in [0.1, 0.15) is 25.0 Å². The number of anilines is 2. The minimum Gasteiger partial charge on any atom is -0.325 e. The minimum absolute atomic E-state index is 0.0522. The first-order valence-electron chi connectivity index (χ1n) is 10.7. The highest BCUT2D eigenvalue weighted by atomic mass is 19.1. The maximum atomic E-state index is 13.7. The molecule has 172 valence electrons. The molecular formula is C24H30F2N4O2. The fourth-order valence-electron chi connectivity index (χ4n) is 3.82. The van der Waals surface area contributed by atoms with Crippen LogP contribution in [0.25, 0.3) is 0 Å². The van der Waals surface area contributed by atoms with Gasteiger partial charge in [-0.2, -0.15) is 0 Å². The van der Waals surface area contributed by atoms with E-state index in [0.717, 1.165) is 0 Å². The van der Waals surface area contributed by atoms with Crippen molar-refractivity contribution in [3.05, 3.63) is 59.2 Å².